The van der Waals surface area contributed by atoms with Crippen LogP contribution in [0.25, 0.3) is 95.0 Å². The van der Waals surface area contributed by atoms with Crippen molar-refractivity contribution < 1.29 is 0 Å². The van der Waals surface area contributed by atoms with E-state index in [0.717, 1.165) is 72.8 Å². The monoisotopic (exact) mass is 788 g/mol. The van der Waals surface area contributed by atoms with E-state index >= 15 is 0 Å². The number of para-hydroxylation sites is 3. The van der Waals surface area contributed by atoms with E-state index in [1.54, 1.807) is 0 Å². The minimum atomic E-state index is -0.438. The molecule has 0 radical (unpaired) electrons. The first-order chi connectivity index (χ1) is 30.8. The van der Waals surface area contributed by atoms with Crippen molar-refractivity contribution in [3.05, 3.63) is 241 Å². The third kappa shape index (κ3) is 4.92. The van der Waals surface area contributed by atoms with Gasteiger partial charge in [-0.05, 0) is 92.0 Å². The Bertz CT molecular complexity index is 3540. The summed E-state index contributed by atoms with van der Waals surface area (Å²) < 4.78 is 2.25. The fourth-order valence-corrected chi connectivity index (χ4v) is 10.5. The molecular weight excluding hydrogens is 753 g/mol. The summed E-state index contributed by atoms with van der Waals surface area (Å²) >= 11 is 0. The molecule has 0 fully saturated rings. The summed E-state index contributed by atoms with van der Waals surface area (Å²) in [5.41, 5.74) is 20.1. The Morgan fingerprint density at radius 3 is 1.69 bits per heavy atom. The first-order valence-corrected chi connectivity index (χ1v) is 21.2. The second kappa shape index (κ2) is 13.4. The van der Waals surface area contributed by atoms with Crippen LogP contribution in [0.5, 0.6) is 0 Å². The van der Waals surface area contributed by atoms with Gasteiger partial charge in [-0.3, -0.25) is 4.57 Å². The molecule has 13 rings (SSSR count). The van der Waals surface area contributed by atoms with Gasteiger partial charge in [0.2, 0.25) is 0 Å². The van der Waals surface area contributed by atoms with Gasteiger partial charge in [-0.25, -0.2) is 15.0 Å². The van der Waals surface area contributed by atoms with Crippen LogP contribution in [-0.2, 0) is 5.41 Å². The summed E-state index contributed by atoms with van der Waals surface area (Å²) in [6, 6.07) is 78.3. The minimum Gasteiger partial charge on any atom is -0.292 e. The van der Waals surface area contributed by atoms with Crippen molar-refractivity contribution in [2.24, 2.45) is 0 Å². The normalized spacial score (nSPS) is 13.0. The van der Waals surface area contributed by atoms with Crippen molar-refractivity contribution in [2.75, 3.05) is 0 Å². The van der Waals surface area contributed by atoms with Crippen LogP contribution in [0.3, 0.4) is 0 Å². The van der Waals surface area contributed by atoms with Crippen LogP contribution in [0.2, 0.25) is 0 Å². The van der Waals surface area contributed by atoms with Crippen molar-refractivity contribution in [1.82, 2.24) is 19.5 Å². The number of rotatable bonds is 5. The lowest BCUT2D eigenvalue weighted by Gasteiger charge is -2.30. The predicted octanol–water partition coefficient (Wildman–Crippen LogP) is 14.0. The van der Waals surface area contributed by atoms with Gasteiger partial charge in [-0.2, -0.15) is 0 Å². The van der Waals surface area contributed by atoms with Gasteiger partial charge in [0.25, 0.3) is 0 Å². The molecule has 0 saturated heterocycles. The molecule has 11 aromatic rings. The zero-order chi connectivity index (χ0) is 40.8. The lowest BCUT2D eigenvalue weighted by Crippen LogP contribution is -2.25. The molecule has 2 heterocycles. The van der Waals surface area contributed by atoms with E-state index in [1.807, 2.05) is 12.1 Å². The molecule has 4 heteroatoms. The van der Waals surface area contributed by atoms with Crippen LogP contribution in [-0.4, -0.2) is 19.5 Å². The maximum absolute atomic E-state index is 5.52. The first kappa shape index (κ1) is 34.6. The largest absolute Gasteiger partial charge is 0.292 e. The van der Waals surface area contributed by atoms with Gasteiger partial charge in [0.1, 0.15) is 5.82 Å². The highest BCUT2D eigenvalue weighted by Crippen LogP contribution is 2.63. The van der Waals surface area contributed by atoms with Crippen molar-refractivity contribution >= 4 is 21.9 Å². The van der Waals surface area contributed by atoms with Crippen LogP contribution in [0.15, 0.2) is 218 Å². The topological polar surface area (TPSA) is 43.6 Å². The Kier molecular flexibility index (Phi) is 7.49. The van der Waals surface area contributed by atoms with E-state index in [4.69, 9.17) is 15.0 Å². The maximum atomic E-state index is 5.52. The SMILES string of the molecule is c1ccc(-c2nc3ccccc3n2-c2ccc(-c3cccc(-c4nc(-c5cccc6c5-c5ccccc5C65c6ccccc6-c6ccccc65)nc5ccccc45)c3)cc2)cc1. The molecule has 0 bridgehead atoms. The van der Waals surface area contributed by atoms with Crippen molar-refractivity contribution in [1.29, 1.82) is 0 Å². The Morgan fingerprint density at radius 2 is 0.919 bits per heavy atom. The number of imidazole rings is 1. The molecule has 288 valence electrons. The smallest absolute Gasteiger partial charge is 0.161 e. The van der Waals surface area contributed by atoms with Crippen molar-refractivity contribution in [2.45, 2.75) is 5.41 Å². The molecule has 2 aromatic heterocycles. The molecule has 4 nitrogen and oxygen atoms in total. The average Bonchev–Trinajstić information content (AvgIpc) is 3.99. The number of hydrogen-bond donors (Lipinski definition) is 0. The van der Waals surface area contributed by atoms with Gasteiger partial charge < -0.3 is 0 Å². The predicted molar refractivity (Wildman–Crippen MR) is 252 cm³/mol. The number of benzene rings is 9. The minimum absolute atomic E-state index is 0.438. The molecule has 0 unspecified atom stereocenters. The van der Waals surface area contributed by atoms with Crippen LogP contribution in [0, 0.1) is 0 Å². The maximum Gasteiger partial charge on any atom is 0.161 e. The molecular formula is C58H36N4. The third-order valence-electron chi connectivity index (χ3n) is 13.1. The highest BCUT2D eigenvalue weighted by atomic mass is 15.1. The highest BCUT2D eigenvalue weighted by Gasteiger charge is 2.52. The molecule has 62 heavy (non-hydrogen) atoms. The lowest BCUT2D eigenvalue weighted by atomic mass is 9.70. The van der Waals surface area contributed by atoms with Gasteiger partial charge in [0, 0.05) is 27.8 Å². The Labute approximate surface area is 359 Å². The zero-order valence-corrected chi connectivity index (χ0v) is 33.6. The number of aromatic nitrogens is 4. The summed E-state index contributed by atoms with van der Waals surface area (Å²) in [6.07, 6.45) is 0. The second-order valence-electron chi connectivity index (χ2n) is 16.3. The molecule has 0 aliphatic heterocycles. The molecule has 0 amide bonds. The van der Waals surface area contributed by atoms with Gasteiger partial charge >= 0.3 is 0 Å². The molecule has 1 spiro atoms. The average molecular weight is 789 g/mol. The molecule has 2 aliphatic carbocycles. The van der Waals surface area contributed by atoms with E-state index < -0.39 is 5.41 Å². The van der Waals surface area contributed by atoms with E-state index in [2.05, 4.69) is 211 Å². The third-order valence-corrected chi connectivity index (χ3v) is 13.1. The van der Waals surface area contributed by atoms with Crippen molar-refractivity contribution in [3.63, 3.8) is 0 Å². The van der Waals surface area contributed by atoms with Gasteiger partial charge in [0.15, 0.2) is 5.82 Å². The van der Waals surface area contributed by atoms with Crippen molar-refractivity contribution in [3.8, 4) is 73.1 Å². The summed E-state index contributed by atoms with van der Waals surface area (Å²) in [5.74, 6) is 1.65. The second-order valence-corrected chi connectivity index (χ2v) is 16.3. The number of fused-ring (bicyclic) bond motifs is 12. The Hall–Kier alpha value is -8.21. The lowest BCUT2D eigenvalue weighted by molar-refractivity contribution is 0.794. The molecule has 0 N–H and O–H groups in total. The number of nitrogens with zero attached hydrogens (tertiary/aromatic N) is 4. The van der Waals surface area contributed by atoms with E-state index in [1.165, 1.54) is 44.5 Å². The Balaban J connectivity index is 0.948. The highest BCUT2D eigenvalue weighted by molar-refractivity contribution is 6.01. The first-order valence-electron chi connectivity index (χ1n) is 21.2. The quantitative estimate of drug-likeness (QED) is 0.174. The molecule has 0 saturated carbocycles. The summed E-state index contributed by atoms with van der Waals surface area (Å²) in [7, 11) is 0. The summed E-state index contributed by atoms with van der Waals surface area (Å²) in [6.45, 7) is 0. The summed E-state index contributed by atoms with van der Waals surface area (Å²) in [4.78, 5) is 15.9. The van der Waals surface area contributed by atoms with Gasteiger partial charge in [-0.15, -0.1) is 0 Å². The fourth-order valence-electron chi connectivity index (χ4n) is 10.5. The summed E-state index contributed by atoms with van der Waals surface area (Å²) in [5, 5.41) is 1.02. The Morgan fingerprint density at radius 1 is 0.355 bits per heavy atom. The van der Waals surface area contributed by atoms with Crippen LogP contribution in [0.4, 0.5) is 0 Å². The fraction of sp³-hybridized carbons (Fsp3) is 0.0172. The van der Waals surface area contributed by atoms with Crippen LogP contribution in [0.1, 0.15) is 22.3 Å². The zero-order valence-electron chi connectivity index (χ0n) is 33.6. The molecule has 2 aliphatic rings. The standard InChI is InChI=1S/C58H36N4/c1-2-16-38(17-3-1)57-60-52-30-12-13-31-53(52)62(57)41-34-32-37(33-35-41)39-18-14-19-40(36-39)55-45-23-7-11-29-51(45)59-56(61-55)46-24-15-28-50-54(46)44-22-6-10-27-49(44)58(50)47-25-8-4-20-42(47)43-21-5-9-26-48(43)58/h1-36H. The van der Waals surface area contributed by atoms with Gasteiger partial charge in [0.05, 0.1) is 27.7 Å². The van der Waals surface area contributed by atoms with Gasteiger partial charge in [-0.1, -0.05) is 182 Å². The molecule has 9 aromatic carbocycles. The van der Waals surface area contributed by atoms with E-state index in [0.29, 0.717) is 0 Å². The van der Waals surface area contributed by atoms with E-state index in [-0.39, 0.29) is 0 Å². The van der Waals surface area contributed by atoms with Crippen LogP contribution < -0.4 is 0 Å². The number of hydrogen-bond acceptors (Lipinski definition) is 3. The van der Waals surface area contributed by atoms with Crippen LogP contribution >= 0.6 is 0 Å². The van der Waals surface area contributed by atoms with E-state index in [9.17, 15) is 0 Å². The molecule has 0 atom stereocenters.